The van der Waals surface area contributed by atoms with Crippen molar-refractivity contribution in [2.45, 2.75) is 38.3 Å². The first-order chi connectivity index (χ1) is 13.3. The van der Waals surface area contributed by atoms with E-state index in [1.807, 2.05) is 18.2 Å². The molecule has 0 radical (unpaired) electrons. The number of likely N-dealkylation sites (N-methyl/N-ethyl adjacent to an activating group) is 1. The number of hydrogen-bond acceptors (Lipinski definition) is 7. The van der Waals surface area contributed by atoms with Gasteiger partial charge in [0.1, 0.15) is 23.5 Å². The highest BCUT2D eigenvalue weighted by atomic mass is 16.5. The van der Waals surface area contributed by atoms with Gasteiger partial charge in [0.2, 0.25) is 0 Å². The van der Waals surface area contributed by atoms with Crippen LogP contribution in [0.3, 0.4) is 0 Å². The van der Waals surface area contributed by atoms with E-state index >= 15 is 0 Å². The molecule has 1 aliphatic carbocycles. The highest BCUT2D eigenvalue weighted by molar-refractivity contribution is 6.13. The zero-order chi connectivity index (χ0) is 19.9. The summed E-state index contributed by atoms with van der Waals surface area (Å²) >= 11 is 0. The van der Waals surface area contributed by atoms with Crippen LogP contribution in [-0.4, -0.2) is 58.9 Å². The summed E-state index contributed by atoms with van der Waals surface area (Å²) in [5.74, 6) is 1.60. The van der Waals surface area contributed by atoms with Crippen molar-refractivity contribution in [2.75, 3.05) is 37.3 Å². The molecule has 1 atom stereocenters. The van der Waals surface area contributed by atoms with Gasteiger partial charge < -0.3 is 20.3 Å². The lowest BCUT2D eigenvalue weighted by atomic mass is 10.0. The number of aromatic nitrogens is 2. The number of hydrogen-bond donors (Lipinski definition) is 2. The molecule has 0 amide bonds. The number of nitrogen functional groups attached to an aromatic ring is 1. The largest absolute Gasteiger partial charge is 0.488 e. The van der Waals surface area contributed by atoms with Crippen LogP contribution in [0.4, 0.5) is 11.5 Å². The van der Waals surface area contributed by atoms with E-state index < -0.39 is 0 Å². The molecule has 28 heavy (non-hydrogen) atoms. The minimum Gasteiger partial charge on any atom is -0.488 e. The molecule has 1 aliphatic heterocycles. The third-order valence-corrected chi connectivity index (χ3v) is 5.65. The van der Waals surface area contributed by atoms with Crippen LogP contribution < -0.4 is 15.4 Å². The van der Waals surface area contributed by atoms with E-state index in [0.29, 0.717) is 23.0 Å². The highest BCUT2D eigenvalue weighted by Crippen LogP contribution is 2.40. The fourth-order valence-corrected chi connectivity index (χ4v) is 3.64. The Morgan fingerprint density at radius 1 is 1.25 bits per heavy atom. The summed E-state index contributed by atoms with van der Waals surface area (Å²) in [6.45, 7) is 7.18. The molecule has 1 saturated carbocycles. The molecule has 2 aliphatic rings. The zero-order valence-electron chi connectivity index (χ0n) is 16.8. The van der Waals surface area contributed by atoms with Gasteiger partial charge in [-0.05, 0) is 51.9 Å². The first-order valence-electron chi connectivity index (χ1n) is 9.80. The molecule has 0 spiro atoms. The molecule has 4 rings (SSSR count). The van der Waals surface area contributed by atoms with Crippen molar-refractivity contribution >= 4 is 17.2 Å². The number of rotatable bonds is 5. The smallest absolute Gasteiger partial charge is 0.132 e. The van der Waals surface area contributed by atoms with Gasteiger partial charge in [0.15, 0.2) is 0 Å². The maximum atomic E-state index is 8.70. The Hall–Kier alpha value is -2.67. The van der Waals surface area contributed by atoms with E-state index in [1.165, 1.54) is 6.33 Å². The maximum absolute atomic E-state index is 8.70. The second-order valence-electron chi connectivity index (χ2n) is 8.24. The Bertz CT molecular complexity index is 894. The lowest BCUT2D eigenvalue weighted by Crippen LogP contribution is -2.50. The van der Waals surface area contributed by atoms with E-state index in [0.717, 1.165) is 44.0 Å². The Morgan fingerprint density at radius 3 is 2.75 bits per heavy atom. The summed E-state index contributed by atoms with van der Waals surface area (Å²) in [5.41, 5.74) is 8.13. The number of nitrogens with two attached hydrogens (primary N) is 1. The molecule has 7 nitrogen and oxygen atoms in total. The van der Waals surface area contributed by atoms with Gasteiger partial charge in [-0.15, -0.1) is 0 Å². The summed E-state index contributed by atoms with van der Waals surface area (Å²) in [6, 6.07) is 7.76. The summed E-state index contributed by atoms with van der Waals surface area (Å²) < 4.78 is 6.04. The van der Waals surface area contributed by atoms with Crippen molar-refractivity contribution < 1.29 is 4.74 Å². The Kier molecular flexibility index (Phi) is 4.71. The van der Waals surface area contributed by atoms with E-state index in [2.05, 4.69) is 40.7 Å². The molecule has 7 heteroatoms. The number of nitrogens with zero attached hydrogens (tertiary/aromatic N) is 4. The van der Waals surface area contributed by atoms with Crippen molar-refractivity contribution in [2.24, 2.45) is 0 Å². The standard InChI is InChI=1S/C21H28N6O/c1-14-12-26(3)8-9-27(14)19-11-18(24-13-25-19)20(23)16-10-15(4-5-17(16)22)28-21(2)6-7-21/h4-5,10-11,13-14,23H,6-9,12,22H2,1-3H3/t14-/m0/s1. The Labute approximate surface area is 166 Å². The molecule has 0 unspecified atom stereocenters. The van der Waals surface area contributed by atoms with E-state index in [1.54, 1.807) is 6.07 Å². The van der Waals surface area contributed by atoms with Gasteiger partial charge in [-0.1, -0.05) is 0 Å². The molecule has 2 heterocycles. The monoisotopic (exact) mass is 380 g/mol. The van der Waals surface area contributed by atoms with E-state index in [9.17, 15) is 0 Å². The third kappa shape index (κ3) is 3.80. The lowest BCUT2D eigenvalue weighted by Gasteiger charge is -2.39. The zero-order valence-corrected chi connectivity index (χ0v) is 16.8. The van der Waals surface area contributed by atoms with Gasteiger partial charge in [-0.3, -0.25) is 5.41 Å². The normalized spacial score (nSPS) is 21.4. The fourth-order valence-electron chi connectivity index (χ4n) is 3.64. The average molecular weight is 380 g/mol. The molecule has 0 bridgehead atoms. The molecule has 1 saturated heterocycles. The van der Waals surface area contributed by atoms with Crippen LogP contribution in [0, 0.1) is 5.41 Å². The van der Waals surface area contributed by atoms with Crippen molar-refractivity contribution in [1.29, 1.82) is 5.41 Å². The van der Waals surface area contributed by atoms with Gasteiger partial charge in [-0.2, -0.15) is 0 Å². The minimum atomic E-state index is -0.0742. The Morgan fingerprint density at radius 2 is 2.04 bits per heavy atom. The van der Waals surface area contributed by atoms with Crippen LogP contribution in [0.15, 0.2) is 30.6 Å². The molecule has 2 aromatic rings. The number of anilines is 2. The third-order valence-electron chi connectivity index (χ3n) is 5.65. The Balaban J connectivity index is 1.59. The predicted octanol–water partition coefficient (Wildman–Crippen LogP) is 2.55. The van der Waals surface area contributed by atoms with E-state index in [-0.39, 0.29) is 11.3 Å². The van der Waals surface area contributed by atoms with Gasteiger partial charge in [0, 0.05) is 43.0 Å². The first-order valence-corrected chi connectivity index (χ1v) is 9.80. The summed E-state index contributed by atoms with van der Waals surface area (Å²) in [4.78, 5) is 13.4. The van der Waals surface area contributed by atoms with Crippen molar-refractivity contribution in [3.05, 3.63) is 41.9 Å². The lowest BCUT2D eigenvalue weighted by molar-refractivity contribution is 0.200. The summed E-state index contributed by atoms with van der Waals surface area (Å²) in [7, 11) is 2.13. The quantitative estimate of drug-likeness (QED) is 0.612. The topological polar surface area (TPSA) is 91.4 Å². The molecule has 1 aromatic carbocycles. The van der Waals surface area contributed by atoms with Crippen molar-refractivity contribution in [3.63, 3.8) is 0 Å². The highest BCUT2D eigenvalue weighted by Gasteiger charge is 2.40. The van der Waals surface area contributed by atoms with Crippen LogP contribution in [0.25, 0.3) is 0 Å². The summed E-state index contributed by atoms with van der Waals surface area (Å²) in [6.07, 6.45) is 3.65. The van der Waals surface area contributed by atoms with Crippen molar-refractivity contribution in [3.8, 4) is 5.75 Å². The number of ether oxygens (including phenoxy) is 1. The van der Waals surface area contributed by atoms with Crippen LogP contribution >= 0.6 is 0 Å². The number of nitrogens with one attached hydrogen (secondary N) is 1. The van der Waals surface area contributed by atoms with Crippen LogP contribution in [0.5, 0.6) is 5.75 Å². The van der Waals surface area contributed by atoms with E-state index in [4.69, 9.17) is 15.9 Å². The van der Waals surface area contributed by atoms with Gasteiger partial charge >= 0.3 is 0 Å². The fraction of sp³-hybridized carbons (Fsp3) is 0.476. The summed E-state index contributed by atoms with van der Waals surface area (Å²) in [5, 5.41) is 8.70. The molecular formula is C21H28N6O. The SMILES string of the molecule is C[C@H]1CN(C)CCN1c1cc(C(=N)c2cc(OC3(C)CC3)ccc2N)ncn1. The van der Waals surface area contributed by atoms with Crippen LogP contribution in [0.1, 0.15) is 37.9 Å². The minimum absolute atomic E-state index is 0.0742. The second-order valence-corrected chi connectivity index (χ2v) is 8.24. The average Bonchev–Trinajstić information content (AvgIpc) is 3.39. The first kappa shape index (κ1) is 18.7. The van der Waals surface area contributed by atoms with Gasteiger partial charge in [0.05, 0.1) is 11.4 Å². The number of piperazine rings is 1. The molecule has 2 fully saturated rings. The number of benzene rings is 1. The van der Waals surface area contributed by atoms with Gasteiger partial charge in [0.25, 0.3) is 0 Å². The molecule has 1 aromatic heterocycles. The van der Waals surface area contributed by atoms with Crippen LogP contribution in [0.2, 0.25) is 0 Å². The maximum Gasteiger partial charge on any atom is 0.132 e. The predicted molar refractivity (Wildman–Crippen MR) is 111 cm³/mol. The van der Waals surface area contributed by atoms with Crippen molar-refractivity contribution in [1.82, 2.24) is 14.9 Å². The van der Waals surface area contributed by atoms with Crippen LogP contribution in [-0.2, 0) is 0 Å². The van der Waals surface area contributed by atoms with Gasteiger partial charge in [-0.25, -0.2) is 9.97 Å². The molecule has 148 valence electrons. The molecular weight excluding hydrogens is 352 g/mol. The molecule has 3 N–H and O–H groups in total. The second kappa shape index (κ2) is 7.05.